The number of nitrogens with one attached hydrogen (secondary N) is 1. The topological polar surface area (TPSA) is 89.0 Å². The van der Waals surface area contributed by atoms with E-state index in [4.69, 9.17) is 0 Å². The van der Waals surface area contributed by atoms with Crippen molar-refractivity contribution in [1.29, 1.82) is 0 Å². The van der Waals surface area contributed by atoms with Crippen LogP contribution in [0.4, 0.5) is 0 Å². The molecule has 0 aliphatic heterocycles. The molecular formula is C12H14N2O4S. The smallest absolute Gasteiger partial charge is 0.273 e. The van der Waals surface area contributed by atoms with Gasteiger partial charge in [0.15, 0.2) is 0 Å². The number of aromatic amines is 1. The molecule has 6 nitrogen and oxygen atoms in total. The van der Waals surface area contributed by atoms with E-state index in [1.165, 1.54) is 19.9 Å². The summed E-state index contributed by atoms with van der Waals surface area (Å²) in [6.07, 6.45) is 7.98. The maximum Gasteiger partial charge on any atom is 0.342 e. The summed E-state index contributed by atoms with van der Waals surface area (Å²) in [5.41, 5.74) is -1.36. The van der Waals surface area contributed by atoms with Crippen LogP contribution in [0.2, 0.25) is 0 Å². The van der Waals surface area contributed by atoms with Gasteiger partial charge >= 0.3 is 5.69 Å². The van der Waals surface area contributed by atoms with Gasteiger partial charge in [-0.2, -0.15) is 3.97 Å². The van der Waals surface area contributed by atoms with Crippen LogP contribution < -0.4 is 11.2 Å². The molecule has 0 saturated heterocycles. The largest absolute Gasteiger partial charge is 0.342 e. The Kier molecular flexibility index (Phi) is 3.09. The molecular weight excluding hydrogens is 268 g/mol. The number of hydrogen-bond acceptors (Lipinski definition) is 4. The Morgan fingerprint density at radius 2 is 2.00 bits per heavy atom. The Balaban J connectivity index is 2.68. The first-order valence-electron chi connectivity index (χ1n) is 5.70. The van der Waals surface area contributed by atoms with Crippen molar-refractivity contribution in [3.63, 3.8) is 0 Å². The number of aryl methyl sites for hydroxylation is 1. The van der Waals surface area contributed by atoms with Crippen LogP contribution >= 0.6 is 0 Å². The average molecular weight is 282 g/mol. The molecule has 1 N–H and O–H groups in total. The molecule has 102 valence electrons. The number of H-pyrrole nitrogens is 1. The van der Waals surface area contributed by atoms with Gasteiger partial charge in [-0.25, -0.2) is 13.2 Å². The van der Waals surface area contributed by atoms with Crippen molar-refractivity contribution in [3.8, 4) is 0 Å². The standard InChI is InChI=1S/C12H14N2O4S/c1-9-8-14(11(16)13-10(9)15)19(17,18)12(2)6-4-3-5-7-12/h3-6,8H,7H2,1-2H3,(H,13,15,16). The van der Waals surface area contributed by atoms with Gasteiger partial charge in [-0.05, 0) is 20.3 Å². The zero-order chi connectivity index (χ0) is 14.3. The Labute approximate surface area is 110 Å². The first-order valence-corrected chi connectivity index (χ1v) is 7.14. The summed E-state index contributed by atoms with van der Waals surface area (Å²) in [6, 6.07) is 0. The van der Waals surface area contributed by atoms with Gasteiger partial charge in [-0.15, -0.1) is 0 Å². The van der Waals surface area contributed by atoms with Gasteiger partial charge in [-0.1, -0.05) is 24.3 Å². The van der Waals surface area contributed by atoms with Gasteiger partial charge < -0.3 is 0 Å². The third-order valence-corrected chi connectivity index (χ3v) is 5.43. The molecule has 0 fully saturated rings. The number of nitrogens with zero attached hydrogens (tertiary/aromatic N) is 1. The van der Waals surface area contributed by atoms with Crippen LogP contribution in [0.25, 0.3) is 0 Å². The van der Waals surface area contributed by atoms with Crippen LogP contribution in [-0.2, 0) is 10.0 Å². The lowest BCUT2D eigenvalue weighted by Gasteiger charge is -2.26. The Bertz CT molecular complexity index is 783. The summed E-state index contributed by atoms with van der Waals surface area (Å²) in [6.45, 7) is 2.98. The van der Waals surface area contributed by atoms with E-state index < -0.39 is 26.0 Å². The quantitative estimate of drug-likeness (QED) is 0.844. The Morgan fingerprint density at radius 3 is 2.58 bits per heavy atom. The van der Waals surface area contributed by atoms with Crippen molar-refractivity contribution in [3.05, 3.63) is 56.9 Å². The normalized spacial score (nSPS) is 22.6. The highest BCUT2D eigenvalue weighted by molar-refractivity contribution is 7.91. The molecule has 0 bridgehead atoms. The lowest BCUT2D eigenvalue weighted by molar-refractivity contribution is 0.549. The minimum absolute atomic E-state index is 0.169. The summed E-state index contributed by atoms with van der Waals surface area (Å²) in [5, 5.41) is 0. The Morgan fingerprint density at radius 1 is 1.32 bits per heavy atom. The fourth-order valence-electron chi connectivity index (χ4n) is 1.85. The van der Waals surface area contributed by atoms with Gasteiger partial charge in [0.25, 0.3) is 15.6 Å². The van der Waals surface area contributed by atoms with Crippen molar-refractivity contribution >= 4 is 10.0 Å². The maximum absolute atomic E-state index is 12.5. The molecule has 1 heterocycles. The van der Waals surface area contributed by atoms with Crippen molar-refractivity contribution < 1.29 is 8.42 Å². The van der Waals surface area contributed by atoms with Crippen LogP contribution in [0.5, 0.6) is 0 Å². The van der Waals surface area contributed by atoms with Gasteiger partial charge in [0.2, 0.25) is 0 Å². The molecule has 1 aromatic rings. The minimum atomic E-state index is -3.94. The number of rotatable bonds is 2. The molecule has 1 unspecified atom stereocenters. The fraction of sp³-hybridized carbons (Fsp3) is 0.333. The molecule has 0 spiro atoms. The molecule has 0 amide bonds. The number of hydrogen-bond donors (Lipinski definition) is 1. The summed E-state index contributed by atoms with van der Waals surface area (Å²) < 4.78 is 24.5. The first kappa shape index (κ1) is 13.5. The predicted molar refractivity (Wildman–Crippen MR) is 71.7 cm³/mol. The van der Waals surface area contributed by atoms with E-state index in [1.54, 1.807) is 18.2 Å². The second kappa shape index (κ2) is 4.34. The SMILES string of the molecule is Cc1cn(S(=O)(=O)C2(C)C=CC=CC2)c(=O)[nH]c1=O. The Hall–Kier alpha value is -1.89. The van der Waals surface area contributed by atoms with E-state index in [9.17, 15) is 18.0 Å². The van der Waals surface area contributed by atoms with Crippen LogP contribution in [0.15, 0.2) is 40.1 Å². The van der Waals surface area contributed by atoms with Crippen molar-refractivity contribution in [2.75, 3.05) is 0 Å². The number of allylic oxidation sites excluding steroid dienone is 3. The first-order chi connectivity index (χ1) is 8.78. The fourth-order valence-corrected chi connectivity index (χ4v) is 3.41. The van der Waals surface area contributed by atoms with E-state index in [-0.39, 0.29) is 12.0 Å². The third-order valence-electron chi connectivity index (χ3n) is 3.16. The second-order valence-electron chi connectivity index (χ2n) is 4.68. The van der Waals surface area contributed by atoms with Crippen LogP contribution in [0.1, 0.15) is 18.9 Å². The highest BCUT2D eigenvalue weighted by Gasteiger charge is 2.38. The molecule has 7 heteroatoms. The summed E-state index contributed by atoms with van der Waals surface area (Å²) >= 11 is 0. The zero-order valence-corrected chi connectivity index (χ0v) is 11.4. The van der Waals surface area contributed by atoms with E-state index in [0.29, 0.717) is 3.97 Å². The van der Waals surface area contributed by atoms with Crippen LogP contribution in [-0.4, -0.2) is 22.1 Å². The molecule has 1 aliphatic carbocycles. The average Bonchev–Trinajstić information content (AvgIpc) is 2.34. The predicted octanol–water partition coefficient (Wildman–Crippen LogP) is 0.298. The van der Waals surface area contributed by atoms with Gasteiger partial charge in [0, 0.05) is 11.8 Å². The maximum atomic E-state index is 12.5. The second-order valence-corrected chi connectivity index (χ2v) is 6.95. The van der Waals surface area contributed by atoms with E-state index in [1.807, 2.05) is 4.98 Å². The van der Waals surface area contributed by atoms with Crippen molar-refractivity contribution in [1.82, 2.24) is 8.96 Å². The third kappa shape index (κ3) is 2.10. The van der Waals surface area contributed by atoms with E-state index >= 15 is 0 Å². The lowest BCUT2D eigenvalue weighted by atomic mass is 10.0. The monoisotopic (exact) mass is 282 g/mol. The molecule has 0 radical (unpaired) electrons. The van der Waals surface area contributed by atoms with Crippen LogP contribution in [0, 0.1) is 6.92 Å². The summed E-state index contributed by atoms with van der Waals surface area (Å²) in [7, 11) is -3.94. The molecule has 1 aliphatic rings. The summed E-state index contributed by atoms with van der Waals surface area (Å²) in [5.74, 6) is 0. The number of aromatic nitrogens is 2. The van der Waals surface area contributed by atoms with Gasteiger partial charge in [0.05, 0.1) is 0 Å². The van der Waals surface area contributed by atoms with E-state index in [2.05, 4.69) is 0 Å². The summed E-state index contributed by atoms with van der Waals surface area (Å²) in [4.78, 5) is 25.0. The molecule has 19 heavy (non-hydrogen) atoms. The highest BCUT2D eigenvalue weighted by Crippen LogP contribution is 2.27. The highest BCUT2D eigenvalue weighted by atomic mass is 32.2. The molecule has 2 rings (SSSR count). The molecule has 1 atom stereocenters. The van der Waals surface area contributed by atoms with Gasteiger partial charge in [0.1, 0.15) is 4.75 Å². The van der Waals surface area contributed by atoms with E-state index in [0.717, 1.165) is 6.20 Å². The molecule has 0 saturated carbocycles. The zero-order valence-electron chi connectivity index (χ0n) is 10.6. The molecule has 1 aromatic heterocycles. The van der Waals surface area contributed by atoms with Crippen molar-refractivity contribution in [2.24, 2.45) is 0 Å². The van der Waals surface area contributed by atoms with Crippen molar-refractivity contribution in [2.45, 2.75) is 25.0 Å². The molecule has 0 aromatic carbocycles. The van der Waals surface area contributed by atoms with Crippen LogP contribution in [0.3, 0.4) is 0 Å². The van der Waals surface area contributed by atoms with Gasteiger partial charge in [-0.3, -0.25) is 9.78 Å². The lowest BCUT2D eigenvalue weighted by Crippen LogP contribution is -2.45. The minimum Gasteiger partial charge on any atom is -0.273 e.